The monoisotopic (exact) mass is 445 g/mol. The Hall–Kier alpha value is -3.32. The number of aromatic nitrogens is 3. The van der Waals surface area contributed by atoms with Crippen molar-refractivity contribution in [1.29, 1.82) is 0 Å². The van der Waals surface area contributed by atoms with Gasteiger partial charge in [0.2, 0.25) is 11.1 Å². The van der Waals surface area contributed by atoms with Gasteiger partial charge in [0.15, 0.2) is 5.82 Å². The fourth-order valence-electron chi connectivity index (χ4n) is 3.72. The smallest absolute Gasteiger partial charge is 0.234 e. The van der Waals surface area contributed by atoms with Gasteiger partial charge in [-0.2, -0.15) is 0 Å². The molecular weight excluding hydrogens is 418 g/mol. The number of nitrogens with zero attached hydrogens (tertiary/aromatic N) is 3. The molecule has 164 valence electrons. The molecule has 4 rings (SSSR count). The third-order valence-electron chi connectivity index (χ3n) is 5.67. The summed E-state index contributed by atoms with van der Waals surface area (Å²) in [5.74, 6) is 7.40. The van der Waals surface area contributed by atoms with Gasteiger partial charge in [0.1, 0.15) is 0 Å². The quantitative estimate of drug-likeness (QED) is 0.295. The number of nitrogen functional groups attached to an aromatic ring is 1. The van der Waals surface area contributed by atoms with Crippen molar-refractivity contribution < 1.29 is 4.79 Å². The van der Waals surface area contributed by atoms with Crippen LogP contribution in [0, 0.1) is 0 Å². The van der Waals surface area contributed by atoms with Gasteiger partial charge in [-0.3, -0.25) is 4.79 Å². The van der Waals surface area contributed by atoms with Crippen LogP contribution in [0.15, 0.2) is 71.9 Å². The molecule has 0 aliphatic heterocycles. The first-order chi connectivity index (χ1) is 15.6. The molecule has 6 nitrogen and oxygen atoms in total. The normalized spacial score (nSPS) is 12.1. The zero-order valence-electron chi connectivity index (χ0n) is 18.3. The van der Waals surface area contributed by atoms with Crippen LogP contribution in [0.1, 0.15) is 43.1 Å². The summed E-state index contributed by atoms with van der Waals surface area (Å²) >= 11 is 1.28. The molecule has 3 N–H and O–H groups in total. The molecule has 1 heterocycles. The van der Waals surface area contributed by atoms with E-state index in [4.69, 9.17) is 5.84 Å². The predicted molar refractivity (Wildman–Crippen MR) is 131 cm³/mol. The van der Waals surface area contributed by atoms with Gasteiger partial charge in [-0.25, -0.2) is 4.68 Å². The van der Waals surface area contributed by atoms with Crippen molar-refractivity contribution in [2.45, 2.75) is 37.8 Å². The standard InChI is InChI=1S/C25H27N5OS/c1-3-17(2)20-12-6-7-14-22(20)27-24(31)16-32-25-29-28-23(30(25)26)15-19-11-8-10-18-9-4-5-13-21(18)19/h4-14,17H,3,15-16,26H2,1-2H3,(H,27,31). The van der Waals surface area contributed by atoms with Crippen molar-refractivity contribution in [3.05, 3.63) is 83.7 Å². The highest BCUT2D eigenvalue weighted by Gasteiger charge is 2.15. The van der Waals surface area contributed by atoms with Gasteiger partial charge in [-0.1, -0.05) is 86.3 Å². The summed E-state index contributed by atoms with van der Waals surface area (Å²) in [7, 11) is 0. The second-order valence-electron chi connectivity index (χ2n) is 7.82. The van der Waals surface area contributed by atoms with E-state index in [0.29, 0.717) is 23.3 Å². The molecule has 7 heteroatoms. The number of hydrogen-bond donors (Lipinski definition) is 2. The zero-order chi connectivity index (χ0) is 22.5. The number of amides is 1. The van der Waals surface area contributed by atoms with Gasteiger partial charge >= 0.3 is 0 Å². The third kappa shape index (κ3) is 4.78. The largest absolute Gasteiger partial charge is 0.336 e. The fourth-order valence-corrected chi connectivity index (χ4v) is 4.40. The molecule has 0 saturated carbocycles. The number of para-hydroxylation sites is 1. The number of hydrogen-bond acceptors (Lipinski definition) is 5. The van der Waals surface area contributed by atoms with E-state index in [2.05, 4.69) is 59.7 Å². The lowest BCUT2D eigenvalue weighted by Crippen LogP contribution is -2.18. The summed E-state index contributed by atoms with van der Waals surface area (Å²) in [6.45, 7) is 4.30. The Kier molecular flexibility index (Phi) is 6.75. The molecule has 32 heavy (non-hydrogen) atoms. The third-order valence-corrected chi connectivity index (χ3v) is 6.62. The topological polar surface area (TPSA) is 85.8 Å². The summed E-state index contributed by atoms with van der Waals surface area (Å²) in [5.41, 5.74) is 3.14. The van der Waals surface area contributed by atoms with Crippen molar-refractivity contribution in [2.75, 3.05) is 16.9 Å². The van der Waals surface area contributed by atoms with Crippen LogP contribution in [0.2, 0.25) is 0 Å². The number of benzene rings is 3. The Labute approximate surface area is 192 Å². The van der Waals surface area contributed by atoms with Crippen molar-refractivity contribution >= 4 is 34.1 Å². The van der Waals surface area contributed by atoms with Crippen molar-refractivity contribution in [2.24, 2.45) is 0 Å². The molecule has 1 aromatic heterocycles. The van der Waals surface area contributed by atoms with Crippen molar-refractivity contribution in [3.8, 4) is 0 Å². The van der Waals surface area contributed by atoms with E-state index < -0.39 is 0 Å². The van der Waals surface area contributed by atoms with Crippen LogP contribution in [0.3, 0.4) is 0 Å². The number of thioether (sulfide) groups is 1. The van der Waals surface area contributed by atoms with Crippen LogP contribution in [0.4, 0.5) is 5.69 Å². The minimum atomic E-state index is -0.0932. The Bertz CT molecular complexity index is 1230. The van der Waals surface area contributed by atoms with E-state index in [1.807, 2.05) is 36.4 Å². The van der Waals surface area contributed by atoms with Crippen LogP contribution >= 0.6 is 11.8 Å². The lowest BCUT2D eigenvalue weighted by atomic mass is 9.97. The molecular formula is C25H27N5OS. The lowest BCUT2D eigenvalue weighted by molar-refractivity contribution is -0.113. The van der Waals surface area contributed by atoms with Crippen molar-refractivity contribution in [1.82, 2.24) is 14.9 Å². The highest BCUT2D eigenvalue weighted by Crippen LogP contribution is 2.27. The van der Waals surface area contributed by atoms with E-state index in [-0.39, 0.29) is 11.7 Å². The molecule has 0 spiro atoms. The van der Waals surface area contributed by atoms with Gasteiger partial charge in [0.05, 0.1) is 5.75 Å². The number of anilines is 1. The van der Waals surface area contributed by atoms with E-state index >= 15 is 0 Å². The number of carbonyl (C=O) groups is 1. The zero-order valence-corrected chi connectivity index (χ0v) is 19.1. The van der Waals surface area contributed by atoms with Gasteiger partial charge in [-0.05, 0) is 40.3 Å². The lowest BCUT2D eigenvalue weighted by Gasteiger charge is -2.15. The summed E-state index contributed by atoms with van der Waals surface area (Å²) in [5, 5.41) is 14.4. The maximum atomic E-state index is 12.6. The van der Waals surface area contributed by atoms with Gasteiger partial charge < -0.3 is 11.2 Å². The first-order valence-electron chi connectivity index (χ1n) is 10.7. The predicted octanol–water partition coefficient (Wildman–Crippen LogP) is 4.98. The van der Waals surface area contributed by atoms with E-state index in [9.17, 15) is 4.79 Å². The van der Waals surface area contributed by atoms with Gasteiger partial charge in [-0.15, -0.1) is 10.2 Å². The van der Waals surface area contributed by atoms with E-state index in [1.165, 1.54) is 27.2 Å². The van der Waals surface area contributed by atoms with Crippen LogP contribution in [0.5, 0.6) is 0 Å². The van der Waals surface area contributed by atoms with Crippen LogP contribution in [-0.4, -0.2) is 26.5 Å². The van der Waals surface area contributed by atoms with Crippen molar-refractivity contribution in [3.63, 3.8) is 0 Å². The maximum absolute atomic E-state index is 12.6. The molecule has 0 aliphatic carbocycles. The van der Waals surface area contributed by atoms with Gasteiger partial charge in [0.25, 0.3) is 0 Å². The summed E-state index contributed by atoms with van der Waals surface area (Å²) < 4.78 is 1.48. The molecule has 3 aromatic carbocycles. The highest BCUT2D eigenvalue weighted by atomic mass is 32.2. The summed E-state index contributed by atoms with van der Waals surface area (Å²) in [6.07, 6.45) is 1.58. The maximum Gasteiger partial charge on any atom is 0.234 e. The average Bonchev–Trinajstić information content (AvgIpc) is 3.17. The molecule has 0 saturated heterocycles. The number of rotatable bonds is 8. The second kappa shape index (κ2) is 9.87. The summed E-state index contributed by atoms with van der Waals surface area (Å²) in [4.78, 5) is 12.6. The molecule has 1 atom stereocenters. The molecule has 4 aromatic rings. The highest BCUT2D eigenvalue weighted by molar-refractivity contribution is 7.99. The number of nitrogens with two attached hydrogens (primary N) is 1. The van der Waals surface area contributed by atoms with Crippen LogP contribution in [-0.2, 0) is 11.2 Å². The van der Waals surface area contributed by atoms with Crippen LogP contribution in [0.25, 0.3) is 10.8 Å². The molecule has 0 aliphatic rings. The average molecular weight is 446 g/mol. The molecule has 0 radical (unpaired) electrons. The number of fused-ring (bicyclic) bond motifs is 1. The first kappa shape index (κ1) is 21.9. The Morgan fingerprint density at radius 2 is 1.81 bits per heavy atom. The molecule has 1 unspecified atom stereocenters. The summed E-state index contributed by atoms with van der Waals surface area (Å²) in [6, 6.07) is 22.4. The van der Waals surface area contributed by atoms with E-state index in [0.717, 1.165) is 23.2 Å². The Balaban J connectivity index is 1.42. The fraction of sp³-hybridized carbons (Fsp3) is 0.240. The number of nitrogens with one attached hydrogen (secondary N) is 1. The Morgan fingerprint density at radius 3 is 2.66 bits per heavy atom. The molecule has 1 amide bonds. The second-order valence-corrected chi connectivity index (χ2v) is 8.76. The molecule has 0 fully saturated rings. The number of carbonyl (C=O) groups excluding carboxylic acids is 1. The SMILES string of the molecule is CCC(C)c1ccccc1NC(=O)CSc1nnc(Cc2cccc3ccccc23)n1N. The van der Waals surface area contributed by atoms with Crippen LogP contribution < -0.4 is 11.2 Å². The Morgan fingerprint density at radius 1 is 1.06 bits per heavy atom. The first-order valence-corrected chi connectivity index (χ1v) is 11.7. The van der Waals surface area contributed by atoms with Gasteiger partial charge in [0, 0.05) is 12.1 Å². The molecule has 0 bridgehead atoms. The van der Waals surface area contributed by atoms with E-state index in [1.54, 1.807) is 0 Å². The minimum absolute atomic E-state index is 0.0932. The minimum Gasteiger partial charge on any atom is -0.336 e.